The maximum atomic E-state index is 12.9. The van der Waals surface area contributed by atoms with Crippen LogP contribution in [0.1, 0.15) is 15.9 Å². The number of thiophene rings is 1. The number of hydrogen-bond donors (Lipinski definition) is 0. The minimum absolute atomic E-state index is 0.0228. The number of carbonyl (C=O) groups excluding carboxylic acids is 1. The summed E-state index contributed by atoms with van der Waals surface area (Å²) in [5.41, 5.74) is 1.28. The summed E-state index contributed by atoms with van der Waals surface area (Å²) >= 11 is 1.58. The Morgan fingerprint density at radius 3 is 2.71 bits per heavy atom. The van der Waals surface area contributed by atoms with E-state index in [2.05, 4.69) is 0 Å². The normalized spacial score (nSPS) is 13.3. The highest BCUT2D eigenvalue weighted by molar-refractivity contribution is 7.17. The molecular formula is C17H12O3S. The lowest BCUT2D eigenvalue weighted by atomic mass is 10.0. The van der Waals surface area contributed by atoms with Gasteiger partial charge >= 0.3 is 0 Å². The van der Waals surface area contributed by atoms with Crippen molar-refractivity contribution >= 4 is 27.2 Å². The minimum Gasteiger partial charge on any atom is -0.486 e. The number of fused-ring (bicyclic) bond motifs is 2. The van der Waals surface area contributed by atoms with Crippen LogP contribution in [0.4, 0.5) is 0 Å². The molecule has 0 saturated carbocycles. The molecule has 1 aromatic heterocycles. The van der Waals surface area contributed by atoms with E-state index in [1.165, 1.54) is 0 Å². The fraction of sp³-hybridized carbons (Fsp3) is 0.118. The average Bonchev–Trinajstić information content (AvgIpc) is 3.02. The maximum Gasteiger partial charge on any atom is 0.198 e. The molecule has 2 heterocycles. The number of rotatable bonds is 2. The molecule has 3 aromatic rings. The van der Waals surface area contributed by atoms with Crippen molar-refractivity contribution in [1.82, 2.24) is 0 Å². The van der Waals surface area contributed by atoms with E-state index < -0.39 is 0 Å². The molecule has 104 valence electrons. The molecule has 0 fully saturated rings. The van der Waals surface area contributed by atoms with E-state index in [1.54, 1.807) is 17.4 Å². The van der Waals surface area contributed by atoms with Gasteiger partial charge in [-0.15, -0.1) is 11.3 Å². The van der Waals surface area contributed by atoms with Gasteiger partial charge in [-0.05, 0) is 35.0 Å². The molecule has 1 aliphatic heterocycles. The molecule has 0 unspecified atom stereocenters. The molecule has 4 heteroatoms. The monoisotopic (exact) mass is 296 g/mol. The third-order valence-corrected chi connectivity index (χ3v) is 4.50. The van der Waals surface area contributed by atoms with Crippen molar-refractivity contribution in [3.05, 3.63) is 59.0 Å². The van der Waals surface area contributed by atoms with Gasteiger partial charge in [-0.2, -0.15) is 0 Å². The Morgan fingerprint density at radius 1 is 0.952 bits per heavy atom. The number of ketones is 1. The van der Waals surface area contributed by atoms with Crippen molar-refractivity contribution in [1.29, 1.82) is 0 Å². The van der Waals surface area contributed by atoms with Crippen LogP contribution in [0.25, 0.3) is 10.1 Å². The number of para-hydroxylation sites is 1. The van der Waals surface area contributed by atoms with E-state index in [0.29, 0.717) is 35.8 Å². The van der Waals surface area contributed by atoms with Crippen molar-refractivity contribution < 1.29 is 14.3 Å². The van der Waals surface area contributed by atoms with Crippen molar-refractivity contribution in [3.63, 3.8) is 0 Å². The lowest BCUT2D eigenvalue weighted by molar-refractivity contribution is 0.102. The zero-order chi connectivity index (χ0) is 14.2. The van der Waals surface area contributed by atoms with Crippen LogP contribution in [0.5, 0.6) is 11.5 Å². The largest absolute Gasteiger partial charge is 0.486 e. The zero-order valence-electron chi connectivity index (χ0n) is 11.2. The number of ether oxygens (including phenoxy) is 2. The van der Waals surface area contributed by atoms with Crippen LogP contribution in [0, 0.1) is 0 Å². The van der Waals surface area contributed by atoms with E-state index in [9.17, 15) is 4.79 Å². The average molecular weight is 296 g/mol. The van der Waals surface area contributed by atoms with E-state index >= 15 is 0 Å². The standard InChI is InChI=1S/C17H12O3S/c18-15(13-5-1-3-11-7-10-21-17(11)13)12-4-2-6-14-16(12)20-9-8-19-14/h1-7,10H,8-9H2. The van der Waals surface area contributed by atoms with Gasteiger partial charge in [0.05, 0.1) is 5.56 Å². The Bertz CT molecular complexity index is 835. The fourth-order valence-corrected chi connectivity index (χ4v) is 3.48. The summed E-state index contributed by atoms with van der Waals surface area (Å²) in [6.07, 6.45) is 0. The smallest absolute Gasteiger partial charge is 0.198 e. The van der Waals surface area contributed by atoms with Gasteiger partial charge in [-0.25, -0.2) is 0 Å². The van der Waals surface area contributed by atoms with Crippen LogP contribution in [0.15, 0.2) is 47.8 Å². The van der Waals surface area contributed by atoms with Crippen molar-refractivity contribution in [2.45, 2.75) is 0 Å². The summed E-state index contributed by atoms with van der Waals surface area (Å²) in [5, 5.41) is 3.09. The summed E-state index contributed by atoms with van der Waals surface area (Å²) in [7, 11) is 0. The number of hydrogen-bond acceptors (Lipinski definition) is 4. The summed E-state index contributed by atoms with van der Waals surface area (Å²) in [4.78, 5) is 12.9. The van der Waals surface area contributed by atoms with Gasteiger partial charge in [0.2, 0.25) is 0 Å². The van der Waals surface area contributed by atoms with Gasteiger partial charge in [0, 0.05) is 10.3 Å². The molecule has 0 atom stereocenters. The summed E-state index contributed by atoms with van der Waals surface area (Å²) in [6, 6.07) is 13.3. The Balaban J connectivity index is 1.87. The van der Waals surface area contributed by atoms with Crippen molar-refractivity contribution in [3.8, 4) is 11.5 Å². The summed E-state index contributed by atoms with van der Waals surface area (Å²) in [5.74, 6) is 1.18. The van der Waals surface area contributed by atoms with Gasteiger partial charge in [0.1, 0.15) is 13.2 Å². The third-order valence-electron chi connectivity index (χ3n) is 3.53. The topological polar surface area (TPSA) is 35.5 Å². The van der Waals surface area contributed by atoms with E-state index in [-0.39, 0.29) is 5.78 Å². The first-order chi connectivity index (χ1) is 10.3. The second-order valence-electron chi connectivity index (χ2n) is 4.80. The zero-order valence-corrected chi connectivity index (χ0v) is 12.0. The molecule has 4 rings (SSSR count). The first kappa shape index (κ1) is 12.4. The molecule has 0 amide bonds. The Labute approximate surface area is 125 Å². The van der Waals surface area contributed by atoms with Crippen molar-refractivity contribution in [2.75, 3.05) is 13.2 Å². The molecule has 0 aliphatic carbocycles. The highest BCUT2D eigenvalue weighted by atomic mass is 32.1. The molecular weight excluding hydrogens is 284 g/mol. The van der Waals surface area contributed by atoms with Crippen LogP contribution >= 0.6 is 11.3 Å². The highest BCUT2D eigenvalue weighted by Crippen LogP contribution is 2.36. The number of carbonyl (C=O) groups is 1. The van der Waals surface area contributed by atoms with Crippen molar-refractivity contribution in [2.24, 2.45) is 0 Å². The van der Waals surface area contributed by atoms with Gasteiger partial charge in [-0.1, -0.05) is 18.2 Å². The van der Waals surface area contributed by atoms with Gasteiger partial charge in [0.15, 0.2) is 17.3 Å². The Kier molecular flexibility index (Phi) is 2.89. The molecule has 3 nitrogen and oxygen atoms in total. The fourth-order valence-electron chi connectivity index (χ4n) is 2.57. The van der Waals surface area contributed by atoms with Gasteiger partial charge < -0.3 is 9.47 Å². The summed E-state index contributed by atoms with van der Waals surface area (Å²) < 4.78 is 12.2. The molecule has 0 saturated heterocycles. The molecule has 0 spiro atoms. The van der Waals surface area contributed by atoms with Gasteiger partial charge in [0.25, 0.3) is 0 Å². The predicted molar refractivity (Wildman–Crippen MR) is 82.7 cm³/mol. The van der Waals surface area contributed by atoms with E-state index in [0.717, 1.165) is 10.1 Å². The summed E-state index contributed by atoms with van der Waals surface area (Å²) in [6.45, 7) is 0.992. The molecule has 0 radical (unpaired) electrons. The lowest BCUT2D eigenvalue weighted by Crippen LogP contribution is -2.18. The predicted octanol–water partition coefficient (Wildman–Crippen LogP) is 3.90. The van der Waals surface area contributed by atoms with Crippen LogP contribution in [-0.2, 0) is 0 Å². The van der Waals surface area contributed by atoms with Crippen LogP contribution in [0.3, 0.4) is 0 Å². The quantitative estimate of drug-likeness (QED) is 0.673. The van der Waals surface area contributed by atoms with Crippen LogP contribution < -0.4 is 9.47 Å². The molecule has 0 N–H and O–H groups in total. The molecule has 0 bridgehead atoms. The third kappa shape index (κ3) is 1.99. The first-order valence-corrected chi connectivity index (χ1v) is 7.62. The van der Waals surface area contributed by atoms with Crippen LogP contribution in [-0.4, -0.2) is 19.0 Å². The highest BCUT2D eigenvalue weighted by Gasteiger charge is 2.22. The maximum absolute atomic E-state index is 12.9. The lowest BCUT2D eigenvalue weighted by Gasteiger charge is -2.20. The molecule has 21 heavy (non-hydrogen) atoms. The Hall–Kier alpha value is -2.33. The van der Waals surface area contributed by atoms with E-state index in [1.807, 2.05) is 41.8 Å². The SMILES string of the molecule is O=C(c1cccc2c1OCCO2)c1cccc2ccsc12. The second kappa shape index (κ2) is 4.90. The Morgan fingerprint density at radius 2 is 1.76 bits per heavy atom. The number of benzene rings is 2. The molecule has 2 aromatic carbocycles. The first-order valence-electron chi connectivity index (χ1n) is 6.74. The van der Waals surface area contributed by atoms with Gasteiger partial charge in [-0.3, -0.25) is 4.79 Å². The van der Waals surface area contributed by atoms with Crippen LogP contribution in [0.2, 0.25) is 0 Å². The molecule has 1 aliphatic rings. The minimum atomic E-state index is -0.0228. The van der Waals surface area contributed by atoms with E-state index in [4.69, 9.17) is 9.47 Å². The second-order valence-corrected chi connectivity index (χ2v) is 5.72.